The lowest BCUT2D eigenvalue weighted by atomic mass is 10.1. The fraction of sp³-hybridized carbons (Fsp3) is 0.211. The van der Waals surface area contributed by atoms with Gasteiger partial charge in [-0.3, -0.25) is 19.3 Å². The Morgan fingerprint density at radius 2 is 2.00 bits per heavy atom. The standard InChI is InChI=1S/C19H17N3O3S/c20-17(24)13-5-3-4-12(10-13)11-21-18(25)19-9-8-16(23)22(19)14-6-1-2-7-15(14)26-19/h1-7,10H,8-9,11H2,(H2,20,24)(H,21,25)/t19-/m1/s1. The number of carbonyl (C=O) groups excluding carboxylic acids is 3. The number of nitrogens with one attached hydrogen (secondary N) is 1. The molecule has 0 aliphatic carbocycles. The lowest BCUT2D eigenvalue weighted by Gasteiger charge is -2.29. The Morgan fingerprint density at radius 1 is 1.19 bits per heavy atom. The SMILES string of the molecule is NC(=O)c1cccc(CNC(=O)[C@]23CCC(=O)N2c2ccccc2S3)c1. The third kappa shape index (κ3) is 2.55. The van der Waals surface area contributed by atoms with Gasteiger partial charge < -0.3 is 11.1 Å². The van der Waals surface area contributed by atoms with Crippen molar-refractivity contribution in [2.45, 2.75) is 29.2 Å². The van der Waals surface area contributed by atoms with Gasteiger partial charge in [0.05, 0.1) is 5.69 Å². The summed E-state index contributed by atoms with van der Waals surface area (Å²) in [6.45, 7) is 0.265. The molecule has 2 aromatic carbocycles. The van der Waals surface area contributed by atoms with Crippen molar-refractivity contribution in [1.29, 1.82) is 0 Å². The van der Waals surface area contributed by atoms with E-state index in [0.717, 1.165) is 16.1 Å². The summed E-state index contributed by atoms with van der Waals surface area (Å²) in [6.07, 6.45) is 0.824. The number of para-hydroxylation sites is 1. The summed E-state index contributed by atoms with van der Waals surface area (Å²) in [4.78, 5) is 38.4. The number of nitrogens with two attached hydrogens (primary N) is 1. The molecule has 26 heavy (non-hydrogen) atoms. The minimum Gasteiger partial charge on any atom is -0.366 e. The maximum Gasteiger partial charge on any atom is 0.257 e. The van der Waals surface area contributed by atoms with Gasteiger partial charge in [0.25, 0.3) is 5.91 Å². The van der Waals surface area contributed by atoms with Crippen LogP contribution in [0.1, 0.15) is 28.8 Å². The average molecular weight is 367 g/mol. The summed E-state index contributed by atoms with van der Waals surface area (Å²) in [5.41, 5.74) is 7.27. The molecule has 4 rings (SSSR count). The number of amides is 3. The van der Waals surface area contributed by atoms with Crippen molar-refractivity contribution < 1.29 is 14.4 Å². The largest absolute Gasteiger partial charge is 0.366 e. The predicted molar refractivity (Wildman–Crippen MR) is 98.6 cm³/mol. The molecule has 2 aliphatic rings. The molecule has 7 heteroatoms. The Balaban J connectivity index is 1.56. The number of hydrogen-bond acceptors (Lipinski definition) is 4. The normalized spacial score (nSPS) is 20.6. The van der Waals surface area contributed by atoms with Crippen molar-refractivity contribution in [2.24, 2.45) is 5.73 Å². The molecule has 0 aromatic heterocycles. The van der Waals surface area contributed by atoms with E-state index in [-0.39, 0.29) is 18.4 Å². The van der Waals surface area contributed by atoms with Gasteiger partial charge in [-0.25, -0.2) is 0 Å². The van der Waals surface area contributed by atoms with Crippen molar-refractivity contribution in [1.82, 2.24) is 5.32 Å². The van der Waals surface area contributed by atoms with Gasteiger partial charge in [-0.15, -0.1) is 0 Å². The second-order valence-electron chi connectivity index (χ2n) is 6.33. The van der Waals surface area contributed by atoms with Gasteiger partial charge in [-0.1, -0.05) is 36.0 Å². The zero-order valence-electron chi connectivity index (χ0n) is 13.9. The van der Waals surface area contributed by atoms with Gasteiger partial charge in [0, 0.05) is 23.4 Å². The highest BCUT2D eigenvalue weighted by Crippen LogP contribution is 2.55. The summed E-state index contributed by atoms with van der Waals surface area (Å²) in [5, 5.41) is 2.92. The van der Waals surface area contributed by atoms with E-state index in [1.807, 2.05) is 30.3 Å². The summed E-state index contributed by atoms with van der Waals surface area (Å²) < 4.78 is 0. The van der Waals surface area contributed by atoms with E-state index in [2.05, 4.69) is 5.32 Å². The van der Waals surface area contributed by atoms with Crippen LogP contribution in [-0.2, 0) is 16.1 Å². The molecule has 2 aromatic rings. The number of hydrogen-bond donors (Lipinski definition) is 2. The van der Waals surface area contributed by atoms with Gasteiger partial charge in [-0.2, -0.15) is 0 Å². The van der Waals surface area contributed by atoms with Crippen LogP contribution in [0.4, 0.5) is 5.69 Å². The Labute approximate surface area is 154 Å². The molecule has 0 radical (unpaired) electrons. The first-order chi connectivity index (χ1) is 12.5. The van der Waals surface area contributed by atoms with Crippen LogP contribution in [0.2, 0.25) is 0 Å². The second-order valence-corrected chi connectivity index (χ2v) is 7.65. The van der Waals surface area contributed by atoms with E-state index < -0.39 is 10.8 Å². The van der Waals surface area contributed by atoms with Crippen molar-refractivity contribution >= 4 is 35.2 Å². The Hall–Kier alpha value is -2.80. The first-order valence-corrected chi connectivity index (χ1v) is 9.11. The third-order valence-corrected chi connectivity index (χ3v) is 6.17. The minimum absolute atomic E-state index is 0.0340. The lowest BCUT2D eigenvalue weighted by Crippen LogP contribution is -2.52. The number of fused-ring (bicyclic) bond motifs is 3. The van der Waals surface area contributed by atoms with Crippen LogP contribution in [0, 0.1) is 0 Å². The zero-order chi connectivity index (χ0) is 18.3. The molecule has 3 N–H and O–H groups in total. The first kappa shape index (κ1) is 16.7. The third-order valence-electron chi connectivity index (χ3n) is 4.69. The van der Waals surface area contributed by atoms with Crippen molar-refractivity contribution in [3.63, 3.8) is 0 Å². The maximum atomic E-state index is 13.0. The molecule has 1 saturated heterocycles. The second kappa shape index (κ2) is 6.17. The van der Waals surface area contributed by atoms with Crippen LogP contribution in [-0.4, -0.2) is 22.6 Å². The van der Waals surface area contributed by atoms with Crippen LogP contribution in [0.3, 0.4) is 0 Å². The fourth-order valence-electron chi connectivity index (χ4n) is 3.45. The van der Waals surface area contributed by atoms with Gasteiger partial charge in [-0.05, 0) is 36.2 Å². The van der Waals surface area contributed by atoms with Crippen LogP contribution in [0.5, 0.6) is 0 Å². The van der Waals surface area contributed by atoms with E-state index in [1.54, 1.807) is 23.1 Å². The molecule has 2 aliphatic heterocycles. The highest BCUT2D eigenvalue weighted by molar-refractivity contribution is 8.02. The first-order valence-electron chi connectivity index (χ1n) is 8.29. The summed E-state index contributed by atoms with van der Waals surface area (Å²) in [5.74, 6) is -0.742. The zero-order valence-corrected chi connectivity index (χ0v) is 14.7. The average Bonchev–Trinajstić information content (AvgIpc) is 3.16. The molecule has 2 heterocycles. The number of primary amides is 1. The maximum absolute atomic E-state index is 13.0. The fourth-order valence-corrected chi connectivity index (χ4v) is 4.89. The van der Waals surface area contributed by atoms with Gasteiger partial charge in [0.1, 0.15) is 0 Å². The summed E-state index contributed by atoms with van der Waals surface area (Å²) in [6, 6.07) is 14.4. The number of rotatable bonds is 4. The van der Waals surface area contributed by atoms with Crippen LogP contribution >= 0.6 is 11.8 Å². The van der Waals surface area contributed by atoms with E-state index >= 15 is 0 Å². The van der Waals surface area contributed by atoms with Crippen molar-refractivity contribution in [2.75, 3.05) is 4.90 Å². The topological polar surface area (TPSA) is 92.5 Å². The van der Waals surface area contributed by atoms with E-state index in [9.17, 15) is 14.4 Å². The van der Waals surface area contributed by atoms with Crippen LogP contribution in [0.25, 0.3) is 0 Å². The van der Waals surface area contributed by atoms with Crippen LogP contribution in [0.15, 0.2) is 53.4 Å². The highest BCUT2D eigenvalue weighted by atomic mass is 32.2. The molecule has 1 atom stereocenters. The number of nitrogens with zero attached hydrogens (tertiary/aromatic N) is 1. The molecule has 6 nitrogen and oxygen atoms in total. The Kier molecular flexibility index (Phi) is 3.96. The molecule has 132 valence electrons. The number of thioether (sulfide) groups is 1. The molecule has 0 bridgehead atoms. The molecule has 0 saturated carbocycles. The predicted octanol–water partition coefficient (Wildman–Crippen LogP) is 2.03. The molecule has 0 spiro atoms. The minimum atomic E-state index is -0.929. The quantitative estimate of drug-likeness (QED) is 0.865. The Morgan fingerprint density at radius 3 is 2.81 bits per heavy atom. The molecule has 3 amide bonds. The van der Waals surface area contributed by atoms with E-state index in [0.29, 0.717) is 18.4 Å². The number of anilines is 1. The molecule has 0 unspecified atom stereocenters. The lowest BCUT2D eigenvalue weighted by molar-refractivity contribution is -0.124. The van der Waals surface area contributed by atoms with E-state index in [1.165, 1.54) is 11.8 Å². The summed E-state index contributed by atoms with van der Waals surface area (Å²) in [7, 11) is 0. The van der Waals surface area contributed by atoms with Crippen molar-refractivity contribution in [3.8, 4) is 0 Å². The molecular formula is C19H17N3O3S. The molecule has 1 fully saturated rings. The van der Waals surface area contributed by atoms with Gasteiger partial charge in [0.15, 0.2) is 4.87 Å². The highest BCUT2D eigenvalue weighted by Gasteiger charge is 2.57. The molecular weight excluding hydrogens is 350 g/mol. The Bertz CT molecular complexity index is 930. The number of carbonyl (C=O) groups is 3. The van der Waals surface area contributed by atoms with E-state index in [4.69, 9.17) is 5.73 Å². The van der Waals surface area contributed by atoms with Gasteiger partial charge in [0.2, 0.25) is 11.8 Å². The van der Waals surface area contributed by atoms with Crippen molar-refractivity contribution in [3.05, 3.63) is 59.7 Å². The number of benzene rings is 2. The monoisotopic (exact) mass is 367 g/mol. The summed E-state index contributed by atoms with van der Waals surface area (Å²) >= 11 is 1.43. The van der Waals surface area contributed by atoms with Gasteiger partial charge >= 0.3 is 0 Å². The van der Waals surface area contributed by atoms with Crippen LogP contribution < -0.4 is 16.0 Å². The smallest absolute Gasteiger partial charge is 0.257 e.